The van der Waals surface area contributed by atoms with Gasteiger partial charge in [-0.2, -0.15) is 0 Å². The highest BCUT2D eigenvalue weighted by Gasteiger charge is 2.32. The predicted octanol–water partition coefficient (Wildman–Crippen LogP) is 3.71. The van der Waals surface area contributed by atoms with Crippen molar-refractivity contribution in [2.24, 2.45) is 10.2 Å². The number of carbonyl (C=O) groups excluding carboxylic acids is 2. The molecule has 0 spiro atoms. The van der Waals surface area contributed by atoms with Gasteiger partial charge in [0.2, 0.25) is 11.7 Å². The number of hydrogen-bond acceptors (Lipinski definition) is 11. The van der Waals surface area contributed by atoms with Crippen molar-refractivity contribution in [2.75, 3.05) is 26.1 Å². The molecule has 0 heterocycles. The van der Waals surface area contributed by atoms with E-state index in [9.17, 15) is 34.9 Å². The zero-order valence-corrected chi connectivity index (χ0v) is 20.3. The molecular formula is C22H24N6O9. The number of rotatable bonds is 11. The molecule has 0 aliphatic heterocycles. The Labute approximate surface area is 210 Å². The molecule has 0 aliphatic carbocycles. The molecule has 15 heteroatoms. The van der Waals surface area contributed by atoms with Crippen LogP contribution in [0.3, 0.4) is 0 Å². The normalized spacial score (nSPS) is 11.5. The zero-order valence-electron chi connectivity index (χ0n) is 20.3. The quantitative estimate of drug-likeness (QED) is 0.130. The average molecular weight is 516 g/mol. The van der Waals surface area contributed by atoms with Crippen LogP contribution in [0.15, 0.2) is 52.0 Å². The molecular weight excluding hydrogens is 492 g/mol. The van der Waals surface area contributed by atoms with E-state index in [1.54, 1.807) is 18.2 Å². The number of aliphatic hydroxyl groups excluding tert-OH is 1. The first kappa shape index (κ1) is 28.2. The Balaban J connectivity index is 2.38. The Kier molecular flexibility index (Phi) is 9.57. The van der Waals surface area contributed by atoms with Gasteiger partial charge in [-0.05, 0) is 37.1 Å². The Hall–Kier alpha value is -5.08. The lowest BCUT2D eigenvalue weighted by Gasteiger charge is -2.13. The molecule has 37 heavy (non-hydrogen) atoms. The van der Waals surface area contributed by atoms with Crippen molar-refractivity contribution in [1.82, 2.24) is 5.32 Å². The number of amides is 2. The number of methoxy groups -OCH3 is 2. The van der Waals surface area contributed by atoms with Crippen LogP contribution in [0.4, 0.5) is 22.7 Å². The molecule has 2 aromatic rings. The number of allylic oxidation sites excluding steroid dienone is 1. The highest BCUT2D eigenvalue weighted by molar-refractivity contribution is 6.04. The van der Waals surface area contributed by atoms with E-state index in [0.717, 1.165) is 24.8 Å². The van der Waals surface area contributed by atoms with Gasteiger partial charge in [0.15, 0.2) is 5.70 Å². The zero-order chi connectivity index (χ0) is 27.7. The van der Waals surface area contributed by atoms with E-state index < -0.39 is 44.3 Å². The summed E-state index contributed by atoms with van der Waals surface area (Å²) in [6, 6.07) is 6.87. The molecule has 0 saturated carbocycles. The van der Waals surface area contributed by atoms with E-state index in [2.05, 4.69) is 20.9 Å². The molecule has 0 atom stereocenters. The van der Waals surface area contributed by atoms with E-state index in [4.69, 9.17) is 9.47 Å². The molecule has 0 unspecified atom stereocenters. The SMILES string of the molecule is COc1ccc(CCNC(C)=O)cc1NC(=O)C(N=Nc1ccc([N+](=O)[O-])c([N+](=O)[O-])c1OC)=C(C)O. The second kappa shape index (κ2) is 12.6. The molecule has 2 aromatic carbocycles. The van der Waals surface area contributed by atoms with Crippen LogP contribution in [-0.2, 0) is 16.0 Å². The molecule has 2 amide bonds. The number of nitro groups is 2. The Morgan fingerprint density at radius 1 is 1.05 bits per heavy atom. The predicted molar refractivity (Wildman–Crippen MR) is 130 cm³/mol. The summed E-state index contributed by atoms with van der Waals surface area (Å²) in [4.78, 5) is 44.6. The van der Waals surface area contributed by atoms with Crippen molar-refractivity contribution in [3.8, 4) is 11.5 Å². The maximum Gasteiger partial charge on any atom is 0.389 e. The molecule has 0 aromatic heterocycles. The fourth-order valence-electron chi connectivity index (χ4n) is 3.11. The number of nitrogens with one attached hydrogen (secondary N) is 2. The van der Waals surface area contributed by atoms with Crippen molar-refractivity contribution in [2.45, 2.75) is 20.3 Å². The van der Waals surface area contributed by atoms with Crippen LogP contribution < -0.4 is 20.1 Å². The number of azo groups is 1. The number of carbonyl (C=O) groups is 2. The minimum absolute atomic E-state index is 0.185. The minimum Gasteiger partial charge on any atom is -0.510 e. The standard InChI is InChI=1S/C22H24N6O9/c1-12(29)19(26-25-15-6-7-17(27(32)33)20(28(34)35)21(15)37-4)22(31)24-16-11-14(5-8-18(16)36-3)9-10-23-13(2)30/h5-8,11,29H,9-10H2,1-4H3,(H,23,30)(H,24,31). The van der Waals surface area contributed by atoms with Crippen molar-refractivity contribution < 1.29 is 34.0 Å². The van der Waals surface area contributed by atoms with Gasteiger partial charge in [0.1, 0.15) is 17.2 Å². The van der Waals surface area contributed by atoms with Crippen LogP contribution in [0.25, 0.3) is 0 Å². The van der Waals surface area contributed by atoms with Gasteiger partial charge in [-0.15, -0.1) is 10.2 Å². The summed E-state index contributed by atoms with van der Waals surface area (Å²) in [7, 11) is 2.44. The monoisotopic (exact) mass is 516 g/mol. The van der Waals surface area contributed by atoms with Gasteiger partial charge in [-0.3, -0.25) is 29.8 Å². The maximum atomic E-state index is 12.9. The van der Waals surface area contributed by atoms with Crippen LogP contribution in [0.1, 0.15) is 19.4 Å². The van der Waals surface area contributed by atoms with E-state index in [0.29, 0.717) is 18.7 Å². The molecule has 0 aliphatic rings. The Morgan fingerprint density at radius 3 is 2.30 bits per heavy atom. The third-order valence-corrected chi connectivity index (χ3v) is 4.79. The first-order valence-electron chi connectivity index (χ1n) is 10.5. The number of benzene rings is 2. The second-order valence-corrected chi connectivity index (χ2v) is 7.36. The van der Waals surface area contributed by atoms with E-state index in [1.165, 1.54) is 21.0 Å². The van der Waals surface area contributed by atoms with E-state index in [-0.39, 0.29) is 17.3 Å². The lowest BCUT2D eigenvalue weighted by molar-refractivity contribution is -0.423. The summed E-state index contributed by atoms with van der Waals surface area (Å²) in [5.41, 5.74) is -1.60. The van der Waals surface area contributed by atoms with Crippen LogP contribution in [0.5, 0.6) is 11.5 Å². The van der Waals surface area contributed by atoms with Gasteiger partial charge in [0, 0.05) is 19.5 Å². The van der Waals surface area contributed by atoms with Gasteiger partial charge in [-0.25, -0.2) is 0 Å². The van der Waals surface area contributed by atoms with Gasteiger partial charge < -0.3 is 25.2 Å². The molecule has 15 nitrogen and oxygen atoms in total. The van der Waals surface area contributed by atoms with Crippen LogP contribution in [-0.4, -0.2) is 47.5 Å². The highest BCUT2D eigenvalue weighted by atomic mass is 16.6. The van der Waals surface area contributed by atoms with Gasteiger partial charge >= 0.3 is 11.4 Å². The Morgan fingerprint density at radius 2 is 1.76 bits per heavy atom. The van der Waals surface area contributed by atoms with Gasteiger partial charge in [0.25, 0.3) is 5.91 Å². The van der Waals surface area contributed by atoms with Gasteiger partial charge in [0.05, 0.1) is 29.8 Å². The second-order valence-electron chi connectivity index (χ2n) is 7.36. The number of nitro benzene ring substituents is 2. The molecule has 0 radical (unpaired) electrons. The van der Waals surface area contributed by atoms with Gasteiger partial charge in [-0.1, -0.05) is 6.07 Å². The molecule has 0 saturated heterocycles. The lowest BCUT2D eigenvalue weighted by Crippen LogP contribution is -2.22. The maximum absolute atomic E-state index is 12.9. The summed E-state index contributed by atoms with van der Waals surface area (Å²) in [6.07, 6.45) is 0.465. The summed E-state index contributed by atoms with van der Waals surface area (Å²) in [6.45, 7) is 2.93. The summed E-state index contributed by atoms with van der Waals surface area (Å²) in [5, 5.41) is 45.3. The Bertz CT molecular complexity index is 1290. The van der Waals surface area contributed by atoms with Crippen molar-refractivity contribution in [3.63, 3.8) is 0 Å². The van der Waals surface area contributed by atoms with Crippen LogP contribution in [0.2, 0.25) is 0 Å². The number of anilines is 1. The minimum atomic E-state index is -0.998. The van der Waals surface area contributed by atoms with Crippen molar-refractivity contribution in [1.29, 1.82) is 0 Å². The lowest BCUT2D eigenvalue weighted by atomic mass is 10.1. The van der Waals surface area contributed by atoms with Crippen LogP contribution in [0, 0.1) is 20.2 Å². The fraction of sp³-hybridized carbons (Fsp3) is 0.273. The average Bonchev–Trinajstić information content (AvgIpc) is 2.83. The van der Waals surface area contributed by atoms with Crippen molar-refractivity contribution >= 4 is 34.6 Å². The molecule has 3 N–H and O–H groups in total. The van der Waals surface area contributed by atoms with Crippen molar-refractivity contribution in [3.05, 3.63) is 67.6 Å². The molecule has 196 valence electrons. The summed E-state index contributed by atoms with van der Waals surface area (Å²) >= 11 is 0. The first-order valence-corrected chi connectivity index (χ1v) is 10.5. The largest absolute Gasteiger partial charge is 0.510 e. The highest BCUT2D eigenvalue weighted by Crippen LogP contribution is 2.43. The summed E-state index contributed by atoms with van der Waals surface area (Å²) in [5.74, 6) is -1.85. The number of aliphatic hydroxyl groups is 1. The van der Waals surface area contributed by atoms with E-state index in [1.807, 2.05) is 0 Å². The number of nitrogens with zero attached hydrogens (tertiary/aromatic N) is 4. The van der Waals surface area contributed by atoms with Crippen LogP contribution >= 0.6 is 0 Å². The third-order valence-electron chi connectivity index (χ3n) is 4.79. The van der Waals surface area contributed by atoms with E-state index >= 15 is 0 Å². The smallest absolute Gasteiger partial charge is 0.389 e. The summed E-state index contributed by atoms with van der Waals surface area (Å²) < 4.78 is 10.2. The molecule has 0 bridgehead atoms. The number of ether oxygens (including phenoxy) is 2. The first-order chi connectivity index (χ1) is 17.5. The topological polar surface area (TPSA) is 208 Å². The molecule has 2 rings (SSSR count). The third kappa shape index (κ3) is 7.20. The fourth-order valence-corrected chi connectivity index (χ4v) is 3.11. The number of hydrogen-bond donors (Lipinski definition) is 3. The molecule has 0 fully saturated rings.